The summed E-state index contributed by atoms with van der Waals surface area (Å²) < 4.78 is 4.99. The number of rotatable bonds is 2. The number of β-lactam (4-membered cyclic amide) rings is 1. The number of nitrogens with zero attached hydrogens (tertiary/aromatic N) is 2. The molecule has 1 aromatic rings. The van der Waals surface area contributed by atoms with Gasteiger partial charge in [0.15, 0.2) is 0 Å². The second-order valence-corrected chi connectivity index (χ2v) is 6.76. The van der Waals surface area contributed by atoms with Crippen LogP contribution in [0.25, 0.3) is 0 Å². The van der Waals surface area contributed by atoms with Crippen molar-refractivity contribution >= 4 is 17.8 Å². The maximum Gasteiger partial charge on any atom is 0.324 e. The zero-order valence-corrected chi connectivity index (χ0v) is 13.2. The Hall–Kier alpha value is -2.05. The number of hydrogen-bond acceptors (Lipinski definition) is 4. The van der Waals surface area contributed by atoms with Crippen LogP contribution in [0.3, 0.4) is 0 Å². The van der Waals surface area contributed by atoms with Crippen molar-refractivity contribution in [1.82, 2.24) is 15.4 Å². The maximum absolute atomic E-state index is 12.2. The lowest BCUT2D eigenvalue weighted by Crippen LogP contribution is -2.68. The zero-order valence-electron chi connectivity index (χ0n) is 13.2. The predicted molar refractivity (Wildman–Crippen MR) is 80.3 cm³/mol. The molecule has 1 unspecified atom stereocenters. The average Bonchev–Trinajstić information content (AvgIpc) is 2.90. The van der Waals surface area contributed by atoms with Crippen LogP contribution in [-0.2, 0) is 4.79 Å². The van der Waals surface area contributed by atoms with Crippen molar-refractivity contribution < 1.29 is 14.1 Å². The highest BCUT2D eigenvalue weighted by atomic mass is 16.5. The van der Waals surface area contributed by atoms with E-state index in [1.807, 2.05) is 13.8 Å². The topological polar surface area (TPSA) is 87.5 Å². The van der Waals surface area contributed by atoms with Crippen LogP contribution < -0.4 is 10.6 Å². The second kappa shape index (κ2) is 5.30. The molecule has 2 N–H and O–H groups in total. The molecule has 0 aliphatic carbocycles. The van der Waals surface area contributed by atoms with Gasteiger partial charge in [-0.05, 0) is 39.5 Å². The summed E-state index contributed by atoms with van der Waals surface area (Å²) in [5, 5.41) is 9.47. The lowest BCUT2D eigenvalue weighted by Gasteiger charge is -2.50. The smallest absolute Gasteiger partial charge is 0.324 e. The molecular weight excluding hydrogens is 284 g/mol. The molecule has 0 radical (unpaired) electrons. The summed E-state index contributed by atoms with van der Waals surface area (Å²) in [6.07, 6.45) is 1.80. The molecule has 2 aliphatic heterocycles. The van der Waals surface area contributed by atoms with Crippen LogP contribution in [0.2, 0.25) is 0 Å². The third-order valence-electron chi connectivity index (χ3n) is 4.81. The molecule has 2 saturated heterocycles. The van der Waals surface area contributed by atoms with Gasteiger partial charge in [-0.15, -0.1) is 0 Å². The first-order valence-corrected chi connectivity index (χ1v) is 7.68. The summed E-state index contributed by atoms with van der Waals surface area (Å²) >= 11 is 0. The van der Waals surface area contributed by atoms with Gasteiger partial charge in [-0.25, -0.2) is 4.79 Å². The molecule has 3 rings (SSSR count). The first-order valence-electron chi connectivity index (χ1n) is 7.68. The van der Waals surface area contributed by atoms with E-state index in [1.165, 1.54) is 0 Å². The molecule has 1 atom stereocenters. The number of nitrogens with one attached hydrogen (secondary N) is 2. The molecule has 0 spiro atoms. The quantitative estimate of drug-likeness (QED) is 0.815. The van der Waals surface area contributed by atoms with Gasteiger partial charge in [0.1, 0.15) is 0 Å². The van der Waals surface area contributed by atoms with E-state index in [2.05, 4.69) is 15.8 Å². The minimum atomic E-state index is -0.285. The number of urea groups is 1. The highest BCUT2D eigenvalue weighted by Gasteiger charge is 2.51. The van der Waals surface area contributed by atoms with Crippen molar-refractivity contribution in [1.29, 1.82) is 0 Å². The Morgan fingerprint density at radius 3 is 2.64 bits per heavy atom. The first-order chi connectivity index (χ1) is 10.4. The number of piperidine rings is 1. The minimum Gasteiger partial charge on any atom is -0.351 e. The molecule has 2 fully saturated rings. The Morgan fingerprint density at radius 2 is 2.14 bits per heavy atom. The van der Waals surface area contributed by atoms with Crippen LogP contribution in [0.5, 0.6) is 0 Å². The number of anilines is 1. The lowest BCUT2D eigenvalue weighted by atomic mass is 9.68. The molecule has 22 heavy (non-hydrogen) atoms. The van der Waals surface area contributed by atoms with E-state index in [0.717, 1.165) is 18.5 Å². The Bertz CT molecular complexity index is 587. The number of aromatic nitrogens is 1. The monoisotopic (exact) mass is 306 g/mol. The number of hydrogen-bond donors (Lipinski definition) is 2. The molecule has 120 valence electrons. The van der Waals surface area contributed by atoms with Gasteiger partial charge < -0.3 is 14.7 Å². The van der Waals surface area contributed by atoms with Gasteiger partial charge in [-0.1, -0.05) is 5.16 Å². The van der Waals surface area contributed by atoms with E-state index >= 15 is 0 Å². The fourth-order valence-electron chi connectivity index (χ4n) is 3.32. The van der Waals surface area contributed by atoms with E-state index in [4.69, 9.17) is 4.52 Å². The summed E-state index contributed by atoms with van der Waals surface area (Å²) in [4.78, 5) is 25.5. The van der Waals surface area contributed by atoms with Gasteiger partial charge in [0.2, 0.25) is 11.8 Å². The Kier molecular flexibility index (Phi) is 3.58. The normalized spacial score (nSPS) is 24.6. The molecule has 0 aromatic carbocycles. The SMILES string of the molecule is Cc1cc(NC(=O)N2CCC(C3NC(=O)C3(C)C)CC2)on1. The third-order valence-corrected chi connectivity index (χ3v) is 4.81. The minimum absolute atomic E-state index is 0.123. The predicted octanol–water partition coefficient (Wildman–Crippen LogP) is 1.75. The molecule has 0 saturated carbocycles. The van der Waals surface area contributed by atoms with Gasteiger partial charge in [0.25, 0.3) is 0 Å². The van der Waals surface area contributed by atoms with Crippen molar-refractivity contribution in [2.75, 3.05) is 18.4 Å². The van der Waals surface area contributed by atoms with Gasteiger partial charge in [0, 0.05) is 25.2 Å². The van der Waals surface area contributed by atoms with Crippen molar-refractivity contribution in [3.8, 4) is 0 Å². The summed E-state index contributed by atoms with van der Waals surface area (Å²) in [5.74, 6) is 0.930. The summed E-state index contributed by atoms with van der Waals surface area (Å²) in [6.45, 7) is 7.15. The fraction of sp³-hybridized carbons (Fsp3) is 0.667. The molecule has 3 amide bonds. The van der Waals surface area contributed by atoms with Crippen molar-refractivity contribution in [3.05, 3.63) is 11.8 Å². The number of amides is 3. The molecule has 3 heterocycles. The van der Waals surface area contributed by atoms with Crippen LogP contribution in [0.1, 0.15) is 32.4 Å². The van der Waals surface area contributed by atoms with Gasteiger partial charge >= 0.3 is 6.03 Å². The first kappa shape index (κ1) is 14.9. The molecule has 0 bridgehead atoms. The number of carbonyl (C=O) groups excluding carboxylic acids is 2. The van der Waals surface area contributed by atoms with Crippen molar-refractivity contribution in [2.45, 2.75) is 39.7 Å². The molecule has 1 aromatic heterocycles. The second-order valence-electron chi connectivity index (χ2n) is 6.76. The Labute approximate surface area is 129 Å². The zero-order chi connectivity index (χ0) is 15.9. The van der Waals surface area contributed by atoms with Gasteiger partial charge in [-0.3, -0.25) is 10.1 Å². The largest absolute Gasteiger partial charge is 0.351 e. The summed E-state index contributed by atoms with van der Waals surface area (Å²) in [6, 6.07) is 1.76. The Morgan fingerprint density at radius 1 is 1.45 bits per heavy atom. The van der Waals surface area contributed by atoms with E-state index < -0.39 is 0 Å². The standard InChI is InChI=1S/C15H22N4O3/c1-9-8-11(22-18-9)16-14(21)19-6-4-10(5-7-19)12-15(2,3)13(20)17-12/h8,10,12H,4-7H2,1-3H3,(H,16,21)(H,17,20). The van der Waals surface area contributed by atoms with Gasteiger partial charge in [-0.2, -0.15) is 0 Å². The lowest BCUT2D eigenvalue weighted by molar-refractivity contribution is -0.146. The molecule has 7 heteroatoms. The summed E-state index contributed by atoms with van der Waals surface area (Å²) in [5.41, 5.74) is 0.448. The number of likely N-dealkylation sites (tertiary alicyclic amines) is 1. The Balaban J connectivity index is 1.51. The number of aryl methyl sites for hydroxylation is 1. The average molecular weight is 306 g/mol. The van der Waals surface area contributed by atoms with Crippen LogP contribution in [0, 0.1) is 18.3 Å². The van der Waals surface area contributed by atoms with Gasteiger partial charge in [0.05, 0.1) is 11.1 Å². The molecular formula is C15H22N4O3. The van der Waals surface area contributed by atoms with Crippen LogP contribution >= 0.6 is 0 Å². The van der Waals surface area contributed by atoms with Crippen LogP contribution in [-0.4, -0.2) is 41.1 Å². The van der Waals surface area contributed by atoms with Crippen molar-refractivity contribution in [3.63, 3.8) is 0 Å². The maximum atomic E-state index is 12.2. The van der Waals surface area contributed by atoms with E-state index in [-0.39, 0.29) is 23.4 Å². The molecule has 7 nitrogen and oxygen atoms in total. The highest BCUT2D eigenvalue weighted by Crippen LogP contribution is 2.38. The highest BCUT2D eigenvalue weighted by molar-refractivity contribution is 5.89. The van der Waals surface area contributed by atoms with E-state index in [9.17, 15) is 9.59 Å². The fourth-order valence-corrected chi connectivity index (χ4v) is 3.32. The third kappa shape index (κ3) is 2.55. The number of carbonyl (C=O) groups is 2. The van der Waals surface area contributed by atoms with Crippen LogP contribution in [0.15, 0.2) is 10.6 Å². The van der Waals surface area contributed by atoms with E-state index in [1.54, 1.807) is 17.9 Å². The molecule has 2 aliphatic rings. The van der Waals surface area contributed by atoms with Crippen molar-refractivity contribution in [2.24, 2.45) is 11.3 Å². The van der Waals surface area contributed by atoms with E-state index in [0.29, 0.717) is 24.9 Å². The summed E-state index contributed by atoms with van der Waals surface area (Å²) in [7, 11) is 0. The van der Waals surface area contributed by atoms with Crippen LogP contribution in [0.4, 0.5) is 10.7 Å².